The topological polar surface area (TPSA) is 39.9 Å². The second-order valence-electron chi connectivity index (χ2n) is 4.59. The van der Waals surface area contributed by atoms with E-state index in [4.69, 9.17) is 16.3 Å². The van der Waals surface area contributed by atoms with Gasteiger partial charge < -0.3 is 4.74 Å². The van der Waals surface area contributed by atoms with Crippen molar-refractivity contribution in [2.45, 2.75) is 13.5 Å². The van der Waals surface area contributed by atoms with Crippen molar-refractivity contribution in [1.29, 1.82) is 0 Å². The van der Waals surface area contributed by atoms with Gasteiger partial charge in [0.2, 0.25) is 0 Å². The molecule has 0 fully saturated rings. The van der Waals surface area contributed by atoms with Gasteiger partial charge in [0, 0.05) is 6.20 Å². The molecule has 0 saturated carbocycles. The largest absolute Gasteiger partial charge is 0.497 e. The fourth-order valence-corrected chi connectivity index (χ4v) is 2.58. The van der Waals surface area contributed by atoms with Crippen molar-refractivity contribution in [3.63, 3.8) is 0 Å². The van der Waals surface area contributed by atoms with E-state index >= 15 is 0 Å². The molecule has 1 aromatic carbocycles. The average molecular weight is 288 g/mol. The molecule has 20 heavy (non-hydrogen) atoms. The van der Waals surface area contributed by atoms with Crippen LogP contribution in [-0.2, 0) is 6.54 Å². The highest BCUT2D eigenvalue weighted by atomic mass is 35.5. The molecule has 0 atom stereocenters. The summed E-state index contributed by atoms with van der Waals surface area (Å²) in [5.41, 5.74) is 3.05. The number of pyridine rings is 1. The Morgan fingerprint density at radius 1 is 1.20 bits per heavy atom. The Labute approximate surface area is 122 Å². The van der Waals surface area contributed by atoms with Gasteiger partial charge >= 0.3 is 0 Å². The third-order valence-electron chi connectivity index (χ3n) is 3.28. The minimum Gasteiger partial charge on any atom is -0.497 e. The molecule has 0 aliphatic heterocycles. The molecule has 5 heteroatoms. The maximum absolute atomic E-state index is 6.14. The zero-order valence-corrected chi connectivity index (χ0v) is 12.1. The van der Waals surface area contributed by atoms with Crippen LogP contribution >= 0.6 is 11.6 Å². The van der Waals surface area contributed by atoms with Crippen molar-refractivity contribution in [1.82, 2.24) is 14.8 Å². The highest BCUT2D eigenvalue weighted by Gasteiger charge is 2.11. The molecule has 0 bridgehead atoms. The van der Waals surface area contributed by atoms with Crippen LogP contribution in [-0.4, -0.2) is 21.9 Å². The molecular weight excluding hydrogens is 274 g/mol. The zero-order chi connectivity index (χ0) is 14.1. The second kappa shape index (κ2) is 5.13. The lowest BCUT2D eigenvalue weighted by molar-refractivity contribution is 0.414. The summed E-state index contributed by atoms with van der Waals surface area (Å²) >= 11 is 6.14. The minimum absolute atomic E-state index is 0.501. The smallest absolute Gasteiger partial charge is 0.140 e. The summed E-state index contributed by atoms with van der Waals surface area (Å²) in [7, 11) is 1.66. The van der Waals surface area contributed by atoms with Crippen LogP contribution in [0.3, 0.4) is 0 Å². The first-order chi connectivity index (χ1) is 9.69. The summed E-state index contributed by atoms with van der Waals surface area (Å²) in [5, 5.41) is 5.97. The quantitative estimate of drug-likeness (QED) is 0.693. The summed E-state index contributed by atoms with van der Waals surface area (Å²) in [6.07, 6.45) is 1.70. The molecule has 0 amide bonds. The monoisotopic (exact) mass is 287 g/mol. The van der Waals surface area contributed by atoms with Crippen LogP contribution in [0.2, 0.25) is 5.15 Å². The zero-order valence-electron chi connectivity index (χ0n) is 11.3. The van der Waals surface area contributed by atoms with Gasteiger partial charge in [0.15, 0.2) is 0 Å². The Bertz CT molecular complexity index is 750. The van der Waals surface area contributed by atoms with Crippen LogP contribution in [0, 0.1) is 6.92 Å². The number of benzene rings is 1. The predicted molar refractivity (Wildman–Crippen MR) is 79.4 cm³/mol. The van der Waals surface area contributed by atoms with E-state index in [0.717, 1.165) is 27.9 Å². The molecule has 0 aliphatic carbocycles. The lowest BCUT2D eigenvalue weighted by Gasteiger charge is -2.05. The van der Waals surface area contributed by atoms with Crippen molar-refractivity contribution in [3.8, 4) is 5.75 Å². The standard InChI is InChI=1S/C15H14ClN3O/c1-10-14-13(7-8-17-15(14)16)19(18-10)9-11-3-5-12(20-2)6-4-11/h3-8H,9H2,1-2H3. The van der Waals surface area contributed by atoms with Crippen molar-refractivity contribution in [2.24, 2.45) is 0 Å². The van der Waals surface area contributed by atoms with Crippen LogP contribution in [0.5, 0.6) is 5.75 Å². The number of methoxy groups -OCH3 is 1. The Balaban J connectivity index is 2.00. The Hall–Kier alpha value is -2.07. The minimum atomic E-state index is 0.501. The first-order valence-corrected chi connectivity index (χ1v) is 6.67. The van der Waals surface area contributed by atoms with Crippen LogP contribution in [0.25, 0.3) is 10.9 Å². The molecule has 0 saturated heterocycles. The molecule has 0 spiro atoms. The number of aromatic nitrogens is 3. The number of rotatable bonds is 3. The van der Waals surface area contributed by atoms with E-state index in [0.29, 0.717) is 11.7 Å². The third-order valence-corrected chi connectivity index (χ3v) is 3.57. The number of ether oxygens (including phenoxy) is 1. The van der Waals surface area contributed by atoms with Crippen molar-refractivity contribution in [2.75, 3.05) is 7.11 Å². The van der Waals surface area contributed by atoms with Crippen molar-refractivity contribution < 1.29 is 4.74 Å². The number of hydrogen-bond donors (Lipinski definition) is 0. The predicted octanol–water partition coefficient (Wildman–Crippen LogP) is 3.45. The lowest BCUT2D eigenvalue weighted by atomic mass is 10.2. The van der Waals surface area contributed by atoms with Gasteiger partial charge in [0.05, 0.1) is 30.3 Å². The Kier molecular flexibility index (Phi) is 3.32. The normalized spacial score (nSPS) is 10.9. The van der Waals surface area contributed by atoms with E-state index in [-0.39, 0.29) is 0 Å². The summed E-state index contributed by atoms with van der Waals surface area (Å²) in [6, 6.07) is 9.89. The fraction of sp³-hybridized carbons (Fsp3) is 0.200. The van der Waals surface area contributed by atoms with Gasteiger partial charge in [-0.05, 0) is 30.7 Å². The van der Waals surface area contributed by atoms with Crippen molar-refractivity contribution in [3.05, 3.63) is 52.9 Å². The maximum atomic E-state index is 6.14. The first-order valence-electron chi connectivity index (χ1n) is 6.29. The van der Waals surface area contributed by atoms with E-state index in [1.807, 2.05) is 41.9 Å². The number of nitrogens with zero attached hydrogens (tertiary/aromatic N) is 3. The first kappa shape index (κ1) is 12.9. The van der Waals surface area contributed by atoms with Gasteiger partial charge in [-0.15, -0.1) is 0 Å². The molecule has 0 unspecified atom stereocenters. The van der Waals surface area contributed by atoms with Crippen LogP contribution in [0.1, 0.15) is 11.3 Å². The average Bonchev–Trinajstić information content (AvgIpc) is 2.77. The molecule has 2 heterocycles. The van der Waals surface area contributed by atoms with E-state index in [1.165, 1.54) is 0 Å². The molecule has 4 nitrogen and oxygen atoms in total. The summed E-state index contributed by atoms with van der Waals surface area (Å²) in [5.74, 6) is 0.850. The van der Waals surface area contributed by atoms with E-state index < -0.39 is 0 Å². The molecule has 0 N–H and O–H groups in total. The van der Waals surface area contributed by atoms with Gasteiger partial charge in [-0.2, -0.15) is 5.10 Å². The SMILES string of the molecule is COc1ccc(Cn2nc(C)c3c(Cl)nccc32)cc1. The number of halogens is 1. The number of hydrogen-bond acceptors (Lipinski definition) is 3. The highest BCUT2D eigenvalue weighted by molar-refractivity contribution is 6.34. The highest BCUT2D eigenvalue weighted by Crippen LogP contribution is 2.25. The van der Waals surface area contributed by atoms with Crippen LogP contribution < -0.4 is 4.74 Å². The molecule has 2 aromatic heterocycles. The van der Waals surface area contributed by atoms with Crippen LogP contribution in [0.15, 0.2) is 36.5 Å². The van der Waals surface area contributed by atoms with Gasteiger partial charge in [-0.25, -0.2) is 4.98 Å². The number of fused-ring (bicyclic) bond motifs is 1. The maximum Gasteiger partial charge on any atom is 0.140 e. The number of aryl methyl sites for hydroxylation is 1. The second-order valence-corrected chi connectivity index (χ2v) is 4.95. The van der Waals surface area contributed by atoms with Gasteiger partial charge in [0.25, 0.3) is 0 Å². The lowest BCUT2D eigenvalue weighted by Crippen LogP contribution is -2.01. The Morgan fingerprint density at radius 2 is 1.95 bits per heavy atom. The molecule has 3 rings (SSSR count). The summed E-state index contributed by atoms with van der Waals surface area (Å²) in [6.45, 7) is 2.63. The van der Waals surface area contributed by atoms with E-state index in [1.54, 1.807) is 13.3 Å². The molecule has 0 radical (unpaired) electrons. The molecule has 3 aromatic rings. The fourth-order valence-electron chi connectivity index (χ4n) is 2.29. The Morgan fingerprint density at radius 3 is 2.65 bits per heavy atom. The molecule has 102 valence electrons. The van der Waals surface area contributed by atoms with Gasteiger partial charge in [0.1, 0.15) is 10.9 Å². The summed E-state index contributed by atoms with van der Waals surface area (Å²) in [4.78, 5) is 4.11. The summed E-state index contributed by atoms with van der Waals surface area (Å²) < 4.78 is 7.11. The van der Waals surface area contributed by atoms with E-state index in [9.17, 15) is 0 Å². The van der Waals surface area contributed by atoms with Gasteiger partial charge in [-0.3, -0.25) is 4.68 Å². The van der Waals surface area contributed by atoms with Crippen molar-refractivity contribution >= 4 is 22.5 Å². The van der Waals surface area contributed by atoms with Crippen LogP contribution in [0.4, 0.5) is 0 Å². The molecule has 0 aliphatic rings. The third kappa shape index (κ3) is 2.23. The van der Waals surface area contributed by atoms with E-state index in [2.05, 4.69) is 10.1 Å². The molecular formula is C15H14ClN3O. The van der Waals surface area contributed by atoms with Gasteiger partial charge in [-0.1, -0.05) is 23.7 Å².